The average molecular weight is 383 g/mol. The summed E-state index contributed by atoms with van der Waals surface area (Å²) in [6.45, 7) is 0. The normalized spacial score (nSPS) is 10.6. The van der Waals surface area contributed by atoms with E-state index in [-0.39, 0.29) is 0 Å². The van der Waals surface area contributed by atoms with Gasteiger partial charge in [0.25, 0.3) is 5.89 Å². The van der Waals surface area contributed by atoms with E-state index >= 15 is 0 Å². The fourth-order valence-electron chi connectivity index (χ4n) is 1.68. The van der Waals surface area contributed by atoms with Crippen LogP contribution >= 0.6 is 34.2 Å². The van der Waals surface area contributed by atoms with Gasteiger partial charge in [0, 0.05) is 19.7 Å². The summed E-state index contributed by atoms with van der Waals surface area (Å²) < 4.78 is 6.42. The van der Waals surface area contributed by atoms with Gasteiger partial charge >= 0.3 is 0 Å². The van der Waals surface area contributed by atoms with Crippen LogP contribution in [0.15, 0.2) is 53.1 Å². The lowest BCUT2D eigenvalue weighted by molar-refractivity contribution is 0.432. The zero-order valence-corrected chi connectivity index (χ0v) is 12.6. The van der Waals surface area contributed by atoms with Crippen LogP contribution in [0.5, 0.6) is 0 Å². The molecule has 0 aliphatic rings. The number of nitrogens with zero attached hydrogens (tertiary/aromatic N) is 2. The molecule has 0 unspecified atom stereocenters. The average Bonchev–Trinajstić information content (AvgIpc) is 2.89. The molecule has 0 fully saturated rings. The number of halogens is 2. The highest BCUT2D eigenvalue weighted by atomic mass is 127. The molecule has 3 nitrogen and oxygen atoms in total. The summed E-state index contributed by atoms with van der Waals surface area (Å²) >= 11 is 8.10. The van der Waals surface area contributed by atoms with Crippen LogP contribution < -0.4 is 0 Å². The number of benzene rings is 2. The second kappa shape index (κ2) is 5.30. The van der Waals surface area contributed by atoms with Gasteiger partial charge in [-0.05, 0) is 65.1 Å². The van der Waals surface area contributed by atoms with Crippen LogP contribution in [0, 0.1) is 3.57 Å². The van der Waals surface area contributed by atoms with Crippen molar-refractivity contribution in [2.24, 2.45) is 0 Å². The van der Waals surface area contributed by atoms with E-state index in [9.17, 15) is 0 Å². The fourth-order valence-corrected chi connectivity index (χ4v) is 2.35. The van der Waals surface area contributed by atoms with E-state index < -0.39 is 0 Å². The van der Waals surface area contributed by atoms with Crippen molar-refractivity contribution in [2.75, 3.05) is 0 Å². The van der Waals surface area contributed by atoms with Gasteiger partial charge in [-0.25, -0.2) is 0 Å². The third-order valence-electron chi connectivity index (χ3n) is 2.60. The van der Waals surface area contributed by atoms with E-state index in [0.29, 0.717) is 16.7 Å². The number of aromatic nitrogens is 2. The van der Waals surface area contributed by atoms with E-state index in [1.165, 1.54) is 0 Å². The molecular weight excluding hydrogens is 375 g/mol. The van der Waals surface area contributed by atoms with Crippen molar-refractivity contribution in [2.45, 2.75) is 0 Å². The molecule has 94 valence electrons. The summed E-state index contributed by atoms with van der Waals surface area (Å²) in [6, 6.07) is 15.3. The summed E-state index contributed by atoms with van der Waals surface area (Å²) in [4.78, 5) is 4.40. The number of rotatable bonds is 2. The van der Waals surface area contributed by atoms with Crippen LogP contribution in [-0.4, -0.2) is 10.1 Å². The molecule has 3 aromatic rings. The molecule has 1 aromatic heterocycles. The zero-order valence-electron chi connectivity index (χ0n) is 9.68. The Hall–Kier alpha value is -1.40. The first-order valence-electron chi connectivity index (χ1n) is 5.58. The second-order valence-corrected chi connectivity index (χ2v) is 5.62. The van der Waals surface area contributed by atoms with Gasteiger partial charge in [-0.3, -0.25) is 0 Å². The van der Waals surface area contributed by atoms with Crippen LogP contribution in [0.1, 0.15) is 0 Å². The quantitative estimate of drug-likeness (QED) is 0.605. The van der Waals surface area contributed by atoms with E-state index in [2.05, 4.69) is 32.7 Å². The Morgan fingerprint density at radius 1 is 1.00 bits per heavy atom. The third-order valence-corrected chi connectivity index (χ3v) is 3.52. The smallest absolute Gasteiger partial charge is 0.258 e. The molecule has 19 heavy (non-hydrogen) atoms. The van der Waals surface area contributed by atoms with Crippen LogP contribution in [0.4, 0.5) is 0 Å². The van der Waals surface area contributed by atoms with Crippen molar-refractivity contribution >= 4 is 34.2 Å². The van der Waals surface area contributed by atoms with Crippen LogP contribution in [0.2, 0.25) is 5.02 Å². The molecule has 1 heterocycles. The summed E-state index contributed by atoms with van der Waals surface area (Å²) in [5.74, 6) is 1.08. The molecule has 3 rings (SSSR count). The van der Waals surface area contributed by atoms with Gasteiger partial charge in [-0.2, -0.15) is 4.98 Å². The highest BCUT2D eigenvalue weighted by molar-refractivity contribution is 14.1. The lowest BCUT2D eigenvalue weighted by Gasteiger charge is -1.95. The maximum atomic E-state index is 5.85. The molecule has 0 N–H and O–H groups in total. The minimum Gasteiger partial charge on any atom is -0.334 e. The van der Waals surface area contributed by atoms with Gasteiger partial charge in [0.15, 0.2) is 0 Å². The van der Waals surface area contributed by atoms with Crippen LogP contribution in [0.25, 0.3) is 22.8 Å². The van der Waals surface area contributed by atoms with E-state index in [1.54, 1.807) is 12.1 Å². The summed E-state index contributed by atoms with van der Waals surface area (Å²) in [6.07, 6.45) is 0. The Morgan fingerprint density at radius 3 is 2.53 bits per heavy atom. The molecule has 0 amide bonds. The Labute approximate surface area is 128 Å². The van der Waals surface area contributed by atoms with E-state index in [0.717, 1.165) is 14.7 Å². The molecule has 0 aliphatic carbocycles. The van der Waals surface area contributed by atoms with Gasteiger partial charge < -0.3 is 4.52 Å². The van der Waals surface area contributed by atoms with E-state index in [1.807, 2.05) is 36.4 Å². The van der Waals surface area contributed by atoms with Crippen LogP contribution in [-0.2, 0) is 0 Å². The highest BCUT2D eigenvalue weighted by Gasteiger charge is 2.10. The molecule has 0 aliphatic heterocycles. The first-order chi connectivity index (χ1) is 9.22. The molecule has 5 heteroatoms. The monoisotopic (exact) mass is 382 g/mol. The Bertz CT molecular complexity index is 709. The van der Waals surface area contributed by atoms with Gasteiger partial charge in [0.05, 0.1) is 0 Å². The Kier molecular flexibility index (Phi) is 3.52. The lowest BCUT2D eigenvalue weighted by Crippen LogP contribution is -1.81. The first kappa shape index (κ1) is 12.6. The minimum absolute atomic E-state index is 0.517. The van der Waals surface area contributed by atoms with Crippen LogP contribution in [0.3, 0.4) is 0 Å². The maximum absolute atomic E-state index is 5.85. The predicted octanol–water partition coefficient (Wildman–Crippen LogP) is 4.66. The molecular formula is C14H8ClIN2O. The Balaban J connectivity index is 1.97. The SMILES string of the molecule is Clc1ccc(-c2noc(-c3cccc(I)c3)n2)cc1. The number of hydrogen-bond acceptors (Lipinski definition) is 3. The molecule has 0 bridgehead atoms. The van der Waals surface area contributed by atoms with Crippen molar-refractivity contribution in [3.05, 3.63) is 57.1 Å². The Morgan fingerprint density at radius 2 is 1.79 bits per heavy atom. The van der Waals surface area contributed by atoms with Crippen molar-refractivity contribution in [1.29, 1.82) is 0 Å². The molecule has 2 aromatic carbocycles. The summed E-state index contributed by atoms with van der Waals surface area (Å²) in [5, 5.41) is 4.68. The first-order valence-corrected chi connectivity index (χ1v) is 7.03. The lowest BCUT2D eigenvalue weighted by atomic mass is 10.2. The van der Waals surface area contributed by atoms with Crippen molar-refractivity contribution < 1.29 is 4.52 Å². The second-order valence-electron chi connectivity index (χ2n) is 3.94. The molecule has 0 radical (unpaired) electrons. The molecule has 0 saturated carbocycles. The minimum atomic E-state index is 0.517. The predicted molar refractivity (Wildman–Crippen MR) is 82.9 cm³/mol. The van der Waals surface area contributed by atoms with Crippen molar-refractivity contribution in [3.8, 4) is 22.8 Å². The maximum Gasteiger partial charge on any atom is 0.258 e. The van der Waals surface area contributed by atoms with Gasteiger partial charge in [-0.15, -0.1) is 0 Å². The third kappa shape index (κ3) is 2.79. The number of hydrogen-bond donors (Lipinski definition) is 0. The fraction of sp³-hybridized carbons (Fsp3) is 0. The van der Waals surface area contributed by atoms with Crippen molar-refractivity contribution in [1.82, 2.24) is 10.1 Å². The van der Waals surface area contributed by atoms with Gasteiger partial charge in [0.1, 0.15) is 0 Å². The summed E-state index contributed by atoms with van der Waals surface area (Å²) in [7, 11) is 0. The van der Waals surface area contributed by atoms with Gasteiger partial charge in [-0.1, -0.05) is 22.8 Å². The van der Waals surface area contributed by atoms with Gasteiger partial charge in [0.2, 0.25) is 5.82 Å². The molecule has 0 saturated heterocycles. The molecule has 0 atom stereocenters. The molecule has 0 spiro atoms. The van der Waals surface area contributed by atoms with Crippen molar-refractivity contribution in [3.63, 3.8) is 0 Å². The topological polar surface area (TPSA) is 38.9 Å². The summed E-state index contributed by atoms with van der Waals surface area (Å²) in [5.41, 5.74) is 1.80. The highest BCUT2D eigenvalue weighted by Crippen LogP contribution is 2.24. The standard InChI is InChI=1S/C14H8ClIN2O/c15-11-6-4-9(5-7-11)13-17-14(19-18-13)10-2-1-3-12(16)8-10/h1-8H. The van der Waals surface area contributed by atoms with E-state index in [4.69, 9.17) is 16.1 Å². The zero-order chi connectivity index (χ0) is 13.2. The largest absolute Gasteiger partial charge is 0.334 e.